The van der Waals surface area contributed by atoms with Crippen LogP contribution in [0.15, 0.2) is 11.6 Å². The smallest absolute Gasteiger partial charge is 0.0594 e. The van der Waals surface area contributed by atoms with Crippen LogP contribution in [-0.2, 0) is 0 Å². The fraction of sp³-hybridized carbons (Fsp3) is 0.933. The van der Waals surface area contributed by atoms with Crippen LogP contribution in [0.1, 0.15) is 113 Å². The van der Waals surface area contributed by atoms with Gasteiger partial charge in [-0.3, -0.25) is 0 Å². The van der Waals surface area contributed by atoms with Crippen LogP contribution in [0.4, 0.5) is 0 Å². The molecule has 0 unspecified atom stereocenters. The molecule has 4 saturated carbocycles. The minimum absolute atomic E-state index is 0.0432. The summed E-state index contributed by atoms with van der Waals surface area (Å²) in [6.07, 6.45) is 14.6. The average Bonchev–Trinajstić information content (AvgIpc) is 3.05. The number of allylic oxidation sites excluding steroid dienone is 2. The highest BCUT2D eigenvalue weighted by Gasteiger charge is 2.68. The van der Waals surface area contributed by atoms with E-state index in [-0.39, 0.29) is 11.5 Å². The molecule has 0 aliphatic heterocycles. The van der Waals surface area contributed by atoms with Crippen molar-refractivity contribution in [2.24, 2.45) is 56.7 Å². The molecule has 5 aliphatic carbocycles. The zero-order valence-electron chi connectivity index (χ0n) is 21.9. The van der Waals surface area contributed by atoms with E-state index in [9.17, 15) is 5.11 Å². The molecule has 0 aromatic heterocycles. The molecule has 0 heterocycles. The van der Waals surface area contributed by atoms with Gasteiger partial charge in [-0.05, 0) is 114 Å². The summed E-state index contributed by atoms with van der Waals surface area (Å²) in [4.78, 5) is 0. The van der Waals surface area contributed by atoms with Crippen molar-refractivity contribution in [3.8, 4) is 0 Å². The maximum absolute atomic E-state index is 10.8. The van der Waals surface area contributed by atoms with E-state index in [2.05, 4.69) is 61.5 Å². The standard InChI is InChI=1S/C30H50O/c1-19(2)20-9-12-24-28(20,6)17-18-29(7)22-10-11-23-26(3,4)25(31)14-15-27(23,5)21(22)13-16-30(24,29)8/h13,19-20,22-25,31H,9-12,14-18H2,1-8H3/t20-,22+,23-,24-,25+,27-,28+,29+,30-/m1/s1. The van der Waals surface area contributed by atoms with Crippen LogP contribution in [0.2, 0.25) is 0 Å². The number of fused-ring (bicyclic) bond motifs is 7. The predicted octanol–water partition coefficient (Wildman–Crippen LogP) is 8.02. The molecule has 4 fully saturated rings. The zero-order valence-corrected chi connectivity index (χ0v) is 21.9. The molecule has 5 rings (SSSR count). The molecule has 0 saturated heterocycles. The maximum Gasteiger partial charge on any atom is 0.0594 e. The van der Waals surface area contributed by atoms with Crippen LogP contribution in [0.5, 0.6) is 0 Å². The molecule has 176 valence electrons. The lowest BCUT2D eigenvalue weighted by Crippen LogP contribution is -2.62. The lowest BCUT2D eigenvalue weighted by Gasteiger charge is -2.69. The van der Waals surface area contributed by atoms with Crippen molar-refractivity contribution < 1.29 is 5.11 Å². The van der Waals surface area contributed by atoms with E-state index >= 15 is 0 Å². The van der Waals surface area contributed by atoms with Crippen molar-refractivity contribution in [3.05, 3.63) is 11.6 Å². The Bertz CT molecular complexity index is 777. The normalized spacial score (nSPS) is 55.7. The third-order valence-corrected chi connectivity index (χ3v) is 13.2. The second kappa shape index (κ2) is 6.64. The molecule has 0 spiro atoms. The SMILES string of the molecule is CC(C)[C@H]1CC[C@@H]2[C@@]1(C)CC[C@@]1(C)[C@H]3CC[C@@H]4C(C)(C)[C@@H](O)CC[C@]4(C)C3=CC[C@]21C. The fourth-order valence-corrected chi connectivity index (χ4v) is 11.2. The van der Waals surface area contributed by atoms with Crippen LogP contribution in [0.3, 0.4) is 0 Å². The van der Waals surface area contributed by atoms with E-state index in [1.54, 1.807) is 0 Å². The third-order valence-electron chi connectivity index (χ3n) is 13.2. The van der Waals surface area contributed by atoms with Gasteiger partial charge in [-0.15, -0.1) is 0 Å². The van der Waals surface area contributed by atoms with Crippen molar-refractivity contribution in [1.82, 2.24) is 0 Å². The number of hydrogen-bond donors (Lipinski definition) is 1. The van der Waals surface area contributed by atoms with Crippen LogP contribution >= 0.6 is 0 Å². The monoisotopic (exact) mass is 426 g/mol. The van der Waals surface area contributed by atoms with E-state index in [1.807, 2.05) is 5.57 Å². The lowest BCUT2D eigenvalue weighted by atomic mass is 9.35. The van der Waals surface area contributed by atoms with Crippen molar-refractivity contribution in [2.75, 3.05) is 0 Å². The van der Waals surface area contributed by atoms with Gasteiger partial charge < -0.3 is 5.11 Å². The number of hydrogen-bond acceptors (Lipinski definition) is 1. The molecule has 0 bridgehead atoms. The van der Waals surface area contributed by atoms with Crippen molar-refractivity contribution in [3.63, 3.8) is 0 Å². The first-order valence-corrected chi connectivity index (χ1v) is 13.7. The Balaban J connectivity index is 1.55. The Hall–Kier alpha value is -0.300. The fourth-order valence-electron chi connectivity index (χ4n) is 11.2. The molecule has 31 heavy (non-hydrogen) atoms. The van der Waals surface area contributed by atoms with Crippen LogP contribution in [-0.4, -0.2) is 11.2 Å². The maximum atomic E-state index is 10.8. The summed E-state index contributed by atoms with van der Waals surface area (Å²) in [5.41, 5.74) is 3.61. The van der Waals surface area contributed by atoms with Gasteiger partial charge in [0.15, 0.2) is 0 Å². The summed E-state index contributed by atoms with van der Waals surface area (Å²) in [7, 11) is 0. The van der Waals surface area contributed by atoms with E-state index < -0.39 is 0 Å². The van der Waals surface area contributed by atoms with Gasteiger partial charge in [-0.25, -0.2) is 0 Å². The van der Waals surface area contributed by atoms with Crippen molar-refractivity contribution >= 4 is 0 Å². The molecule has 1 heteroatoms. The number of aliphatic hydroxyl groups is 1. The van der Waals surface area contributed by atoms with Crippen LogP contribution in [0, 0.1) is 56.7 Å². The summed E-state index contributed by atoms with van der Waals surface area (Å²) < 4.78 is 0. The Morgan fingerprint density at radius 1 is 0.806 bits per heavy atom. The van der Waals surface area contributed by atoms with E-state index in [4.69, 9.17) is 0 Å². The molecule has 0 aromatic rings. The molecule has 0 aromatic carbocycles. The first-order valence-electron chi connectivity index (χ1n) is 13.7. The van der Waals surface area contributed by atoms with Gasteiger partial charge in [-0.2, -0.15) is 0 Å². The first-order chi connectivity index (χ1) is 14.3. The molecule has 1 N–H and O–H groups in total. The highest BCUT2D eigenvalue weighted by atomic mass is 16.3. The summed E-state index contributed by atoms with van der Waals surface area (Å²) in [6.45, 7) is 20.4. The minimum atomic E-state index is -0.131. The largest absolute Gasteiger partial charge is 0.393 e. The summed E-state index contributed by atoms with van der Waals surface area (Å²) in [5.74, 6) is 4.02. The quantitative estimate of drug-likeness (QED) is 0.421. The predicted molar refractivity (Wildman–Crippen MR) is 131 cm³/mol. The number of aliphatic hydroxyl groups excluding tert-OH is 1. The van der Waals surface area contributed by atoms with Gasteiger partial charge in [0.25, 0.3) is 0 Å². The second-order valence-electron chi connectivity index (χ2n) is 14.7. The van der Waals surface area contributed by atoms with E-state index in [0.717, 1.165) is 30.1 Å². The van der Waals surface area contributed by atoms with Gasteiger partial charge in [0.2, 0.25) is 0 Å². The Morgan fingerprint density at radius 3 is 2.16 bits per heavy atom. The molecule has 1 nitrogen and oxygen atoms in total. The first kappa shape index (κ1) is 22.5. The Kier molecular flexibility index (Phi) is 4.82. The van der Waals surface area contributed by atoms with Crippen LogP contribution in [0.25, 0.3) is 0 Å². The summed E-state index contributed by atoms with van der Waals surface area (Å²) in [5, 5.41) is 10.8. The average molecular weight is 427 g/mol. The summed E-state index contributed by atoms with van der Waals surface area (Å²) in [6, 6.07) is 0. The zero-order chi connectivity index (χ0) is 22.6. The van der Waals surface area contributed by atoms with Crippen LogP contribution < -0.4 is 0 Å². The molecule has 0 amide bonds. The molecular formula is C30H50O. The van der Waals surface area contributed by atoms with Crippen molar-refractivity contribution in [1.29, 1.82) is 0 Å². The van der Waals surface area contributed by atoms with Gasteiger partial charge >= 0.3 is 0 Å². The molecular weight excluding hydrogens is 376 g/mol. The lowest BCUT2D eigenvalue weighted by molar-refractivity contribution is -0.165. The molecule has 9 atom stereocenters. The van der Waals surface area contributed by atoms with E-state index in [0.29, 0.717) is 27.6 Å². The Morgan fingerprint density at radius 2 is 1.48 bits per heavy atom. The molecule has 0 radical (unpaired) electrons. The van der Waals surface area contributed by atoms with E-state index in [1.165, 1.54) is 51.4 Å². The number of rotatable bonds is 1. The molecule has 5 aliphatic rings. The third kappa shape index (κ3) is 2.60. The highest BCUT2D eigenvalue weighted by Crippen LogP contribution is 2.76. The van der Waals surface area contributed by atoms with Gasteiger partial charge in [0, 0.05) is 0 Å². The van der Waals surface area contributed by atoms with Crippen molar-refractivity contribution in [2.45, 2.75) is 119 Å². The summed E-state index contributed by atoms with van der Waals surface area (Å²) >= 11 is 0. The topological polar surface area (TPSA) is 20.2 Å². The van der Waals surface area contributed by atoms with Gasteiger partial charge in [0.1, 0.15) is 0 Å². The highest BCUT2D eigenvalue weighted by molar-refractivity contribution is 5.33. The van der Waals surface area contributed by atoms with Gasteiger partial charge in [-0.1, -0.05) is 67.0 Å². The van der Waals surface area contributed by atoms with Gasteiger partial charge in [0.05, 0.1) is 6.10 Å². The minimum Gasteiger partial charge on any atom is -0.393 e. The Labute approximate surface area is 192 Å². The second-order valence-corrected chi connectivity index (χ2v) is 14.7.